The lowest BCUT2D eigenvalue weighted by Gasteiger charge is -2.11. The normalized spacial score (nSPS) is 11.7. The summed E-state index contributed by atoms with van der Waals surface area (Å²) >= 11 is 1.06. The summed E-state index contributed by atoms with van der Waals surface area (Å²) in [7, 11) is 1.41. The molecule has 92 valence electrons. The van der Waals surface area contributed by atoms with Gasteiger partial charge in [-0.3, -0.25) is 10.1 Å². The molecule has 0 aliphatic rings. The van der Waals surface area contributed by atoms with Gasteiger partial charge in [-0.25, -0.2) is 9.18 Å². The average molecular weight is 256 g/mol. The second-order valence-corrected chi connectivity index (χ2v) is 4.64. The van der Waals surface area contributed by atoms with Crippen molar-refractivity contribution >= 4 is 23.7 Å². The van der Waals surface area contributed by atoms with Gasteiger partial charge in [0.2, 0.25) is 5.91 Å². The fourth-order valence-electron chi connectivity index (χ4n) is 1.06. The molecule has 0 heterocycles. The van der Waals surface area contributed by atoms with E-state index in [0.717, 1.165) is 11.8 Å². The van der Waals surface area contributed by atoms with Crippen molar-refractivity contribution in [2.45, 2.75) is 17.1 Å². The molecule has 0 aliphatic heterocycles. The summed E-state index contributed by atoms with van der Waals surface area (Å²) in [4.78, 5) is 22.8. The SMILES string of the molecule is CNC(=O)NC(=O)[C@@H](C)Sc1ccccc1F. The summed E-state index contributed by atoms with van der Waals surface area (Å²) in [6.45, 7) is 1.61. The highest BCUT2D eigenvalue weighted by Crippen LogP contribution is 2.25. The Morgan fingerprint density at radius 3 is 2.59 bits per heavy atom. The fourth-order valence-corrected chi connectivity index (χ4v) is 1.94. The number of carbonyl (C=O) groups excluding carboxylic acids is 2. The molecule has 4 nitrogen and oxygen atoms in total. The quantitative estimate of drug-likeness (QED) is 0.810. The number of thioether (sulfide) groups is 1. The van der Waals surface area contributed by atoms with E-state index in [1.807, 2.05) is 0 Å². The second kappa shape index (κ2) is 6.24. The molecule has 0 saturated heterocycles. The molecule has 1 aromatic rings. The number of amides is 3. The van der Waals surface area contributed by atoms with Crippen LogP contribution in [-0.4, -0.2) is 24.2 Å². The average Bonchev–Trinajstić information content (AvgIpc) is 2.31. The molecule has 1 rings (SSSR count). The van der Waals surface area contributed by atoms with Gasteiger partial charge in [0.1, 0.15) is 5.82 Å². The van der Waals surface area contributed by atoms with E-state index in [9.17, 15) is 14.0 Å². The maximum atomic E-state index is 13.3. The van der Waals surface area contributed by atoms with Crippen LogP contribution in [-0.2, 0) is 4.79 Å². The number of carbonyl (C=O) groups is 2. The molecule has 0 radical (unpaired) electrons. The van der Waals surface area contributed by atoms with Crippen LogP contribution in [0.4, 0.5) is 9.18 Å². The Bertz CT molecular complexity index is 426. The highest BCUT2D eigenvalue weighted by molar-refractivity contribution is 8.00. The van der Waals surface area contributed by atoms with E-state index < -0.39 is 17.2 Å². The number of urea groups is 1. The Hall–Kier alpha value is -1.56. The van der Waals surface area contributed by atoms with Gasteiger partial charge in [0.05, 0.1) is 5.25 Å². The van der Waals surface area contributed by atoms with Crippen molar-refractivity contribution in [1.29, 1.82) is 0 Å². The van der Waals surface area contributed by atoms with Crippen molar-refractivity contribution in [2.75, 3.05) is 7.05 Å². The van der Waals surface area contributed by atoms with Gasteiger partial charge >= 0.3 is 6.03 Å². The van der Waals surface area contributed by atoms with Gasteiger partial charge in [-0.1, -0.05) is 12.1 Å². The van der Waals surface area contributed by atoms with Crippen molar-refractivity contribution in [3.05, 3.63) is 30.1 Å². The molecular weight excluding hydrogens is 243 g/mol. The largest absolute Gasteiger partial charge is 0.341 e. The summed E-state index contributed by atoms with van der Waals surface area (Å²) in [5, 5.41) is 3.86. The predicted octanol–water partition coefficient (Wildman–Crippen LogP) is 1.76. The fraction of sp³-hybridized carbons (Fsp3) is 0.273. The number of hydrogen-bond donors (Lipinski definition) is 2. The summed E-state index contributed by atoms with van der Waals surface area (Å²) in [5.41, 5.74) is 0. The van der Waals surface area contributed by atoms with Crippen LogP contribution in [0.25, 0.3) is 0 Å². The topological polar surface area (TPSA) is 58.2 Å². The van der Waals surface area contributed by atoms with Gasteiger partial charge in [-0.05, 0) is 19.1 Å². The highest BCUT2D eigenvalue weighted by atomic mass is 32.2. The molecule has 0 unspecified atom stereocenters. The number of benzene rings is 1. The minimum atomic E-state index is -0.573. The maximum absolute atomic E-state index is 13.3. The molecule has 2 N–H and O–H groups in total. The summed E-state index contributed by atoms with van der Waals surface area (Å²) in [6.07, 6.45) is 0. The zero-order valence-electron chi connectivity index (χ0n) is 9.49. The van der Waals surface area contributed by atoms with Crippen molar-refractivity contribution in [3.63, 3.8) is 0 Å². The summed E-state index contributed by atoms with van der Waals surface area (Å²) in [5.74, 6) is -0.838. The van der Waals surface area contributed by atoms with E-state index >= 15 is 0 Å². The van der Waals surface area contributed by atoms with Crippen LogP contribution in [0.2, 0.25) is 0 Å². The zero-order chi connectivity index (χ0) is 12.8. The molecular formula is C11H13FN2O2S. The van der Waals surface area contributed by atoms with Crippen molar-refractivity contribution in [1.82, 2.24) is 10.6 Å². The highest BCUT2D eigenvalue weighted by Gasteiger charge is 2.17. The molecule has 1 aromatic carbocycles. The Balaban J connectivity index is 2.60. The Morgan fingerprint density at radius 1 is 1.35 bits per heavy atom. The molecule has 0 saturated carbocycles. The van der Waals surface area contributed by atoms with Crippen LogP contribution in [0, 0.1) is 5.82 Å². The first-order valence-electron chi connectivity index (χ1n) is 4.98. The van der Waals surface area contributed by atoms with Gasteiger partial charge in [0.25, 0.3) is 0 Å². The monoisotopic (exact) mass is 256 g/mol. The third kappa shape index (κ3) is 4.07. The Kier molecular flexibility index (Phi) is 4.96. The third-order valence-electron chi connectivity index (χ3n) is 1.97. The lowest BCUT2D eigenvalue weighted by molar-refractivity contribution is -0.119. The number of nitrogens with one attached hydrogen (secondary N) is 2. The van der Waals surface area contributed by atoms with Crippen LogP contribution >= 0.6 is 11.8 Å². The lowest BCUT2D eigenvalue weighted by Crippen LogP contribution is -2.41. The number of imide groups is 1. The molecule has 0 aromatic heterocycles. The van der Waals surface area contributed by atoms with E-state index in [1.165, 1.54) is 13.1 Å². The lowest BCUT2D eigenvalue weighted by atomic mass is 10.3. The van der Waals surface area contributed by atoms with E-state index in [-0.39, 0.29) is 5.82 Å². The smallest absolute Gasteiger partial charge is 0.321 e. The zero-order valence-corrected chi connectivity index (χ0v) is 10.3. The number of rotatable bonds is 3. The van der Waals surface area contributed by atoms with Crippen molar-refractivity contribution in [3.8, 4) is 0 Å². The maximum Gasteiger partial charge on any atom is 0.321 e. The first kappa shape index (κ1) is 13.5. The summed E-state index contributed by atoms with van der Waals surface area (Å²) in [6, 6.07) is 5.61. The second-order valence-electron chi connectivity index (χ2n) is 3.26. The molecule has 3 amide bonds. The molecule has 6 heteroatoms. The van der Waals surface area contributed by atoms with Gasteiger partial charge in [-0.15, -0.1) is 11.8 Å². The van der Waals surface area contributed by atoms with E-state index in [1.54, 1.807) is 25.1 Å². The third-order valence-corrected chi connectivity index (χ3v) is 3.13. The Morgan fingerprint density at radius 2 is 2.00 bits per heavy atom. The molecule has 0 bridgehead atoms. The van der Waals surface area contributed by atoms with Gasteiger partial charge in [0, 0.05) is 11.9 Å². The minimum absolute atomic E-state index is 0.378. The summed E-state index contributed by atoms with van der Waals surface area (Å²) < 4.78 is 13.3. The van der Waals surface area contributed by atoms with Crippen LogP contribution < -0.4 is 10.6 Å². The first-order chi connectivity index (χ1) is 8.04. The standard InChI is InChI=1S/C11H13FN2O2S/c1-7(10(15)14-11(16)13-2)17-9-6-4-3-5-8(9)12/h3-7H,1-2H3,(H2,13,14,15,16)/t7-/m1/s1. The Labute approximate surface area is 103 Å². The van der Waals surface area contributed by atoms with Crippen LogP contribution in [0.5, 0.6) is 0 Å². The van der Waals surface area contributed by atoms with Crippen LogP contribution in [0.1, 0.15) is 6.92 Å². The van der Waals surface area contributed by atoms with Crippen molar-refractivity contribution < 1.29 is 14.0 Å². The van der Waals surface area contributed by atoms with Gasteiger partial charge < -0.3 is 5.32 Å². The number of hydrogen-bond acceptors (Lipinski definition) is 3. The molecule has 0 fully saturated rings. The molecule has 1 atom stereocenters. The predicted molar refractivity (Wildman–Crippen MR) is 64.3 cm³/mol. The van der Waals surface area contributed by atoms with Gasteiger partial charge in [-0.2, -0.15) is 0 Å². The van der Waals surface area contributed by atoms with Gasteiger partial charge in [0.15, 0.2) is 0 Å². The molecule has 0 aliphatic carbocycles. The van der Waals surface area contributed by atoms with E-state index in [2.05, 4.69) is 10.6 Å². The van der Waals surface area contributed by atoms with Crippen LogP contribution in [0.3, 0.4) is 0 Å². The van der Waals surface area contributed by atoms with Crippen molar-refractivity contribution in [2.24, 2.45) is 0 Å². The van der Waals surface area contributed by atoms with Crippen LogP contribution in [0.15, 0.2) is 29.2 Å². The van der Waals surface area contributed by atoms with E-state index in [0.29, 0.717) is 4.90 Å². The minimum Gasteiger partial charge on any atom is -0.341 e. The first-order valence-corrected chi connectivity index (χ1v) is 5.86. The number of halogens is 1. The molecule has 17 heavy (non-hydrogen) atoms. The molecule has 0 spiro atoms. The van der Waals surface area contributed by atoms with E-state index in [4.69, 9.17) is 0 Å².